The molecule has 2 heterocycles. The highest BCUT2D eigenvalue weighted by Gasteiger charge is 2.09. The van der Waals surface area contributed by atoms with Gasteiger partial charge in [0.25, 0.3) is 0 Å². The highest BCUT2D eigenvalue weighted by molar-refractivity contribution is 7.14. The molecule has 2 aromatic heterocycles. The Morgan fingerprint density at radius 3 is 2.72 bits per heavy atom. The Balaban J connectivity index is 1.39. The van der Waals surface area contributed by atoms with E-state index in [4.69, 9.17) is 0 Å². The third-order valence-corrected chi connectivity index (χ3v) is 4.84. The van der Waals surface area contributed by atoms with Gasteiger partial charge < -0.3 is 9.88 Å². The lowest BCUT2D eigenvalue weighted by Crippen LogP contribution is -2.14. The Labute approximate surface area is 149 Å². The van der Waals surface area contributed by atoms with Gasteiger partial charge in [0.1, 0.15) is 0 Å². The average Bonchev–Trinajstić information content (AvgIpc) is 3.28. The quantitative estimate of drug-likeness (QED) is 0.564. The van der Waals surface area contributed by atoms with E-state index in [1.807, 2.05) is 54.0 Å². The molecule has 0 aliphatic heterocycles. The molecule has 0 bridgehead atoms. The molecular weight excluding hydrogens is 330 g/mol. The van der Waals surface area contributed by atoms with Crippen molar-refractivity contribution < 1.29 is 4.79 Å². The first kappa shape index (κ1) is 15.6. The van der Waals surface area contributed by atoms with Crippen molar-refractivity contribution in [2.75, 3.05) is 5.32 Å². The van der Waals surface area contributed by atoms with Crippen molar-refractivity contribution in [1.82, 2.24) is 9.55 Å². The fourth-order valence-electron chi connectivity index (χ4n) is 2.81. The van der Waals surface area contributed by atoms with Crippen LogP contribution in [0.5, 0.6) is 0 Å². The normalized spacial score (nSPS) is 10.9. The molecule has 25 heavy (non-hydrogen) atoms. The minimum Gasteiger partial charge on any atom is -0.347 e. The average molecular weight is 347 g/mol. The molecule has 4 aromatic rings. The molecule has 2 aromatic carbocycles. The van der Waals surface area contributed by atoms with Crippen molar-refractivity contribution in [3.05, 3.63) is 72.2 Å². The van der Waals surface area contributed by atoms with Gasteiger partial charge in [-0.1, -0.05) is 48.5 Å². The molecule has 0 aliphatic carbocycles. The van der Waals surface area contributed by atoms with Crippen LogP contribution in [-0.4, -0.2) is 15.5 Å². The molecule has 4 nitrogen and oxygen atoms in total. The maximum Gasteiger partial charge on any atom is 0.227 e. The third-order valence-electron chi connectivity index (χ3n) is 4.08. The number of anilines is 1. The molecule has 0 unspecified atom stereocenters. The Morgan fingerprint density at radius 1 is 1.04 bits per heavy atom. The summed E-state index contributed by atoms with van der Waals surface area (Å²) in [6.07, 6.45) is 2.44. The summed E-state index contributed by atoms with van der Waals surface area (Å²) in [5.74, 6) is -0.0215. The first-order chi connectivity index (χ1) is 12.3. The molecule has 0 fully saturated rings. The topological polar surface area (TPSA) is 46.9 Å². The number of benzene rings is 2. The van der Waals surface area contributed by atoms with E-state index < -0.39 is 0 Å². The number of rotatable bonds is 5. The lowest BCUT2D eigenvalue weighted by Gasteiger charge is -2.05. The summed E-state index contributed by atoms with van der Waals surface area (Å²) in [7, 11) is 0. The number of aryl methyl sites for hydroxylation is 1. The van der Waals surface area contributed by atoms with Crippen LogP contribution in [0.2, 0.25) is 0 Å². The summed E-state index contributed by atoms with van der Waals surface area (Å²) in [6.45, 7) is 0.649. The largest absolute Gasteiger partial charge is 0.347 e. The number of hydrogen-bond donors (Lipinski definition) is 1. The smallest absolute Gasteiger partial charge is 0.227 e. The molecule has 0 aliphatic rings. The molecule has 0 saturated heterocycles. The van der Waals surface area contributed by atoms with Crippen LogP contribution >= 0.6 is 11.3 Å². The molecule has 5 heteroatoms. The second kappa shape index (κ2) is 6.91. The van der Waals surface area contributed by atoms with Gasteiger partial charge in [-0.25, -0.2) is 4.98 Å². The van der Waals surface area contributed by atoms with Crippen molar-refractivity contribution in [1.29, 1.82) is 0 Å². The minimum atomic E-state index is -0.0215. The summed E-state index contributed by atoms with van der Waals surface area (Å²) < 4.78 is 2.10. The van der Waals surface area contributed by atoms with E-state index in [0.29, 0.717) is 18.1 Å². The zero-order valence-corrected chi connectivity index (χ0v) is 14.4. The van der Waals surface area contributed by atoms with Gasteiger partial charge in [0, 0.05) is 35.6 Å². The Kier molecular flexibility index (Phi) is 4.31. The highest BCUT2D eigenvalue weighted by atomic mass is 32.1. The molecule has 1 amide bonds. The predicted octanol–water partition coefficient (Wildman–Crippen LogP) is 4.79. The van der Waals surface area contributed by atoms with Gasteiger partial charge >= 0.3 is 0 Å². The first-order valence-electron chi connectivity index (χ1n) is 8.14. The van der Waals surface area contributed by atoms with Gasteiger partial charge in [-0.15, -0.1) is 11.3 Å². The summed E-state index contributed by atoms with van der Waals surface area (Å²) in [5.41, 5.74) is 3.09. The molecule has 0 spiro atoms. The number of carbonyl (C=O) groups is 1. The van der Waals surface area contributed by atoms with E-state index in [1.165, 1.54) is 16.7 Å². The maximum absolute atomic E-state index is 12.2. The molecule has 0 saturated carbocycles. The van der Waals surface area contributed by atoms with Gasteiger partial charge in [-0.3, -0.25) is 4.79 Å². The highest BCUT2D eigenvalue weighted by Crippen LogP contribution is 2.24. The van der Waals surface area contributed by atoms with Crippen LogP contribution in [0.1, 0.15) is 6.42 Å². The number of fused-ring (bicyclic) bond motifs is 1. The summed E-state index contributed by atoms with van der Waals surface area (Å²) in [4.78, 5) is 16.7. The molecule has 124 valence electrons. The molecule has 0 radical (unpaired) electrons. The Bertz CT molecular complexity index is 1000. The van der Waals surface area contributed by atoms with Crippen LogP contribution in [0.15, 0.2) is 72.2 Å². The zero-order valence-electron chi connectivity index (χ0n) is 13.6. The van der Waals surface area contributed by atoms with Crippen molar-refractivity contribution in [2.24, 2.45) is 0 Å². The number of thiazole rings is 1. The fourth-order valence-corrected chi connectivity index (χ4v) is 3.55. The fraction of sp³-hybridized carbons (Fsp3) is 0.100. The number of nitrogens with one attached hydrogen (secondary N) is 1. The number of hydrogen-bond acceptors (Lipinski definition) is 3. The van der Waals surface area contributed by atoms with E-state index in [-0.39, 0.29) is 5.91 Å². The third kappa shape index (κ3) is 3.46. The lowest BCUT2D eigenvalue weighted by molar-refractivity contribution is -0.116. The van der Waals surface area contributed by atoms with Crippen LogP contribution in [-0.2, 0) is 11.3 Å². The van der Waals surface area contributed by atoms with Crippen LogP contribution in [0, 0.1) is 0 Å². The van der Waals surface area contributed by atoms with Crippen molar-refractivity contribution in [3.63, 3.8) is 0 Å². The van der Waals surface area contributed by atoms with E-state index in [0.717, 1.165) is 16.8 Å². The molecule has 4 rings (SSSR count). The lowest BCUT2D eigenvalue weighted by atomic mass is 10.2. The summed E-state index contributed by atoms with van der Waals surface area (Å²) in [5, 5.41) is 6.69. The van der Waals surface area contributed by atoms with E-state index in [9.17, 15) is 4.79 Å². The Morgan fingerprint density at radius 2 is 1.84 bits per heavy atom. The van der Waals surface area contributed by atoms with E-state index in [2.05, 4.69) is 33.1 Å². The van der Waals surface area contributed by atoms with Crippen molar-refractivity contribution in [3.8, 4) is 11.3 Å². The van der Waals surface area contributed by atoms with Gasteiger partial charge in [-0.2, -0.15) is 0 Å². The van der Waals surface area contributed by atoms with E-state index >= 15 is 0 Å². The van der Waals surface area contributed by atoms with Crippen LogP contribution in [0.3, 0.4) is 0 Å². The van der Waals surface area contributed by atoms with Gasteiger partial charge in [0.2, 0.25) is 5.91 Å². The maximum atomic E-state index is 12.2. The van der Waals surface area contributed by atoms with Crippen LogP contribution in [0.25, 0.3) is 22.2 Å². The number of aromatic nitrogens is 2. The van der Waals surface area contributed by atoms with Crippen molar-refractivity contribution >= 4 is 33.3 Å². The van der Waals surface area contributed by atoms with Gasteiger partial charge in [-0.05, 0) is 17.5 Å². The predicted molar refractivity (Wildman–Crippen MR) is 103 cm³/mol. The molecule has 0 atom stereocenters. The monoisotopic (exact) mass is 347 g/mol. The Hall–Kier alpha value is -2.92. The second-order valence-electron chi connectivity index (χ2n) is 5.77. The van der Waals surface area contributed by atoms with Crippen LogP contribution in [0.4, 0.5) is 5.13 Å². The SMILES string of the molecule is O=C(CCn1ccc2ccccc21)Nc1nc(-c2ccccc2)cs1. The number of para-hydroxylation sites is 1. The van der Waals surface area contributed by atoms with Crippen LogP contribution < -0.4 is 5.32 Å². The zero-order chi connectivity index (χ0) is 17.1. The second-order valence-corrected chi connectivity index (χ2v) is 6.63. The summed E-state index contributed by atoms with van der Waals surface area (Å²) in [6, 6.07) is 20.2. The number of nitrogens with zero attached hydrogens (tertiary/aromatic N) is 2. The summed E-state index contributed by atoms with van der Waals surface area (Å²) >= 11 is 1.45. The van der Waals surface area contributed by atoms with Crippen molar-refractivity contribution in [2.45, 2.75) is 13.0 Å². The van der Waals surface area contributed by atoms with E-state index in [1.54, 1.807) is 0 Å². The van der Waals surface area contributed by atoms with Gasteiger partial charge in [0.15, 0.2) is 5.13 Å². The van der Waals surface area contributed by atoms with Gasteiger partial charge in [0.05, 0.1) is 5.69 Å². The number of carbonyl (C=O) groups excluding carboxylic acids is 1. The molecular formula is C20H17N3OS. The minimum absolute atomic E-state index is 0.0215. The number of amides is 1. The standard InChI is InChI=1S/C20H17N3OS/c24-19(11-13-23-12-10-16-8-4-5-9-18(16)23)22-20-21-17(14-25-20)15-6-2-1-3-7-15/h1-10,12,14H,11,13H2,(H,21,22,24). The molecule has 1 N–H and O–H groups in total. The first-order valence-corrected chi connectivity index (χ1v) is 9.02.